The lowest BCUT2D eigenvalue weighted by molar-refractivity contribution is -0.317. The van der Waals surface area contributed by atoms with Gasteiger partial charge in [-0.25, -0.2) is 14.4 Å². The van der Waals surface area contributed by atoms with Crippen molar-refractivity contribution in [3.05, 3.63) is 71.3 Å². The summed E-state index contributed by atoms with van der Waals surface area (Å²) in [6, 6.07) is 13.3. The minimum Gasteiger partial charge on any atom is -0.546 e. The Hall–Kier alpha value is -3.68. The van der Waals surface area contributed by atoms with Crippen LogP contribution in [-0.4, -0.2) is 41.2 Å². The molecule has 0 fully saturated rings. The maximum Gasteiger partial charge on any atom is 0.349 e. The van der Waals surface area contributed by atoms with Crippen molar-refractivity contribution in [2.45, 2.75) is 19.1 Å². The molecule has 2 aromatic rings. The van der Waals surface area contributed by atoms with Crippen molar-refractivity contribution in [2.75, 3.05) is 0 Å². The molecule has 0 aromatic heterocycles. The second kappa shape index (κ2) is 8.61. The van der Waals surface area contributed by atoms with Crippen molar-refractivity contribution >= 4 is 23.9 Å². The Morgan fingerprint density at radius 1 is 0.815 bits per heavy atom. The van der Waals surface area contributed by atoms with Gasteiger partial charge in [0.1, 0.15) is 0 Å². The lowest BCUT2D eigenvalue weighted by Crippen LogP contribution is -2.51. The highest BCUT2D eigenvalue weighted by molar-refractivity contribution is 5.95. The monoisotopic (exact) mass is 371 g/mol. The molecule has 8 nitrogen and oxygen atoms in total. The van der Waals surface area contributed by atoms with E-state index in [-0.39, 0.29) is 11.1 Å². The molecule has 0 amide bonds. The van der Waals surface area contributed by atoms with Crippen molar-refractivity contribution in [3.63, 3.8) is 0 Å². The number of carboxylic acids is 2. The van der Waals surface area contributed by atoms with Crippen LogP contribution in [0.25, 0.3) is 0 Å². The smallest absolute Gasteiger partial charge is 0.349 e. The van der Waals surface area contributed by atoms with E-state index in [9.17, 15) is 29.4 Å². The lowest BCUT2D eigenvalue weighted by atomic mass is 10.1. The first-order valence-electron chi connectivity index (χ1n) is 7.77. The van der Waals surface area contributed by atoms with Crippen molar-refractivity contribution < 1.29 is 38.9 Å². The van der Waals surface area contributed by atoms with Crippen LogP contribution < -0.4 is 5.11 Å². The summed E-state index contributed by atoms with van der Waals surface area (Å²) in [5.74, 6) is -5.99. The Bertz CT molecular complexity index is 842. The Morgan fingerprint density at radius 2 is 1.30 bits per heavy atom. The highest BCUT2D eigenvalue weighted by atomic mass is 16.6. The number of hydrogen-bond donors (Lipinski definition) is 1. The van der Waals surface area contributed by atoms with E-state index in [1.165, 1.54) is 36.4 Å². The van der Waals surface area contributed by atoms with Crippen molar-refractivity contribution in [1.29, 1.82) is 0 Å². The molecule has 2 aromatic carbocycles. The molecule has 0 heterocycles. The van der Waals surface area contributed by atoms with E-state index in [4.69, 9.17) is 9.47 Å². The van der Waals surface area contributed by atoms with E-state index in [0.717, 1.165) is 5.56 Å². The molecular weight excluding hydrogens is 356 g/mol. The van der Waals surface area contributed by atoms with Gasteiger partial charge in [0.25, 0.3) is 0 Å². The normalized spacial score (nSPS) is 12.5. The van der Waals surface area contributed by atoms with Crippen LogP contribution in [-0.2, 0) is 19.1 Å². The van der Waals surface area contributed by atoms with Crippen molar-refractivity contribution in [1.82, 2.24) is 0 Å². The molecule has 8 heteroatoms. The molecule has 27 heavy (non-hydrogen) atoms. The molecule has 0 spiro atoms. The SMILES string of the molecule is Cc1ccc(C(=O)O[C@@H](C(=O)O)[C@@H](OC(=O)c2ccccc2)C(=O)[O-])cc1. The molecule has 140 valence electrons. The number of aliphatic carboxylic acids is 2. The van der Waals surface area contributed by atoms with Gasteiger partial charge in [0, 0.05) is 0 Å². The largest absolute Gasteiger partial charge is 0.546 e. The third kappa shape index (κ3) is 5.15. The predicted octanol–water partition coefficient (Wildman–Crippen LogP) is 0.581. The van der Waals surface area contributed by atoms with Gasteiger partial charge in [-0.15, -0.1) is 0 Å². The number of carbonyl (C=O) groups excluding carboxylic acids is 3. The molecular formula is C19H15O8-. The quantitative estimate of drug-likeness (QED) is 0.700. The predicted molar refractivity (Wildman–Crippen MR) is 88.7 cm³/mol. The minimum atomic E-state index is -2.33. The summed E-state index contributed by atoms with van der Waals surface area (Å²) < 4.78 is 9.48. The number of carboxylic acid groups (broad SMARTS) is 2. The van der Waals surface area contributed by atoms with Gasteiger partial charge in [-0.3, -0.25) is 0 Å². The highest BCUT2D eigenvalue weighted by Crippen LogP contribution is 2.13. The zero-order valence-electron chi connectivity index (χ0n) is 14.2. The van der Waals surface area contributed by atoms with Crippen LogP contribution in [0.4, 0.5) is 0 Å². The summed E-state index contributed by atoms with van der Waals surface area (Å²) >= 11 is 0. The maximum atomic E-state index is 12.1. The fourth-order valence-electron chi connectivity index (χ4n) is 2.11. The fraction of sp³-hybridized carbons (Fsp3) is 0.158. The van der Waals surface area contributed by atoms with Crippen LogP contribution >= 0.6 is 0 Å². The molecule has 1 N–H and O–H groups in total. The van der Waals surface area contributed by atoms with Gasteiger partial charge in [0.2, 0.25) is 6.10 Å². The van der Waals surface area contributed by atoms with Crippen LogP contribution in [0.1, 0.15) is 26.3 Å². The lowest BCUT2D eigenvalue weighted by Gasteiger charge is -2.24. The number of rotatable bonds is 7. The summed E-state index contributed by atoms with van der Waals surface area (Å²) in [5.41, 5.74) is 0.863. The van der Waals surface area contributed by atoms with Crippen LogP contribution in [0.15, 0.2) is 54.6 Å². The summed E-state index contributed by atoms with van der Waals surface area (Å²) in [7, 11) is 0. The molecule has 2 atom stereocenters. The first kappa shape index (κ1) is 19.6. The molecule has 0 aliphatic carbocycles. The number of esters is 2. The van der Waals surface area contributed by atoms with E-state index in [1.807, 2.05) is 0 Å². The maximum absolute atomic E-state index is 12.1. The van der Waals surface area contributed by atoms with E-state index in [2.05, 4.69) is 0 Å². The average Bonchev–Trinajstić information content (AvgIpc) is 2.65. The zero-order valence-corrected chi connectivity index (χ0v) is 14.2. The molecule has 2 rings (SSSR count). The Balaban J connectivity index is 2.21. The van der Waals surface area contributed by atoms with Gasteiger partial charge in [0.15, 0.2) is 6.10 Å². The summed E-state index contributed by atoms with van der Waals surface area (Å²) in [5, 5.41) is 20.6. The zero-order chi connectivity index (χ0) is 20.0. The molecule has 0 unspecified atom stereocenters. The van der Waals surface area contributed by atoms with E-state index in [1.54, 1.807) is 25.1 Å². The van der Waals surface area contributed by atoms with Gasteiger partial charge in [-0.2, -0.15) is 0 Å². The Kier molecular flexibility index (Phi) is 6.27. The second-order valence-corrected chi connectivity index (χ2v) is 5.54. The van der Waals surface area contributed by atoms with Crippen molar-refractivity contribution in [3.8, 4) is 0 Å². The summed E-state index contributed by atoms with van der Waals surface area (Å²) in [6.07, 6.45) is -4.61. The van der Waals surface area contributed by atoms with Gasteiger partial charge in [-0.05, 0) is 31.2 Å². The van der Waals surface area contributed by atoms with Crippen LogP contribution in [0.3, 0.4) is 0 Å². The number of ether oxygens (including phenoxy) is 2. The summed E-state index contributed by atoms with van der Waals surface area (Å²) in [4.78, 5) is 46.9. The number of carbonyl (C=O) groups is 4. The molecule has 0 aliphatic rings. The minimum absolute atomic E-state index is 0.00208. The van der Waals surface area contributed by atoms with E-state index >= 15 is 0 Å². The Morgan fingerprint density at radius 3 is 1.78 bits per heavy atom. The summed E-state index contributed by atoms with van der Waals surface area (Å²) in [6.45, 7) is 1.78. The average molecular weight is 371 g/mol. The second-order valence-electron chi connectivity index (χ2n) is 5.54. The first-order chi connectivity index (χ1) is 12.8. The van der Waals surface area contributed by atoms with Gasteiger partial charge >= 0.3 is 17.9 Å². The number of benzene rings is 2. The fourth-order valence-corrected chi connectivity index (χ4v) is 2.11. The number of hydrogen-bond acceptors (Lipinski definition) is 7. The van der Waals surface area contributed by atoms with Crippen LogP contribution in [0, 0.1) is 6.92 Å². The van der Waals surface area contributed by atoms with Crippen molar-refractivity contribution in [2.24, 2.45) is 0 Å². The van der Waals surface area contributed by atoms with Crippen LogP contribution in [0.5, 0.6) is 0 Å². The molecule has 0 radical (unpaired) electrons. The van der Waals surface area contributed by atoms with Gasteiger partial charge in [0.05, 0.1) is 17.1 Å². The van der Waals surface area contributed by atoms with E-state index < -0.39 is 36.1 Å². The van der Waals surface area contributed by atoms with Gasteiger partial charge in [-0.1, -0.05) is 35.9 Å². The Labute approximate surface area is 154 Å². The third-order valence-corrected chi connectivity index (χ3v) is 3.52. The highest BCUT2D eigenvalue weighted by Gasteiger charge is 2.36. The van der Waals surface area contributed by atoms with Crippen LogP contribution in [0.2, 0.25) is 0 Å². The molecule has 0 aliphatic heterocycles. The van der Waals surface area contributed by atoms with E-state index in [0.29, 0.717) is 0 Å². The standard InChI is InChI=1S/C19H16O8/c1-11-7-9-13(10-8-11)19(25)27-15(17(22)23)14(16(20)21)26-18(24)12-5-3-2-4-6-12/h2-10,14-15H,1H3,(H,20,21)(H,22,23)/p-1/t14-,15-/m1/s1. The molecule has 0 saturated carbocycles. The van der Waals surface area contributed by atoms with Gasteiger partial charge < -0.3 is 24.5 Å². The third-order valence-electron chi connectivity index (χ3n) is 3.52. The first-order valence-corrected chi connectivity index (χ1v) is 7.77. The molecule has 0 bridgehead atoms. The molecule has 0 saturated heterocycles. The topological polar surface area (TPSA) is 130 Å². The number of aryl methyl sites for hydroxylation is 1.